The van der Waals surface area contributed by atoms with Crippen molar-refractivity contribution in [1.29, 1.82) is 0 Å². The fourth-order valence-electron chi connectivity index (χ4n) is 7.22. The van der Waals surface area contributed by atoms with Gasteiger partial charge in [0.15, 0.2) is 6.29 Å². The lowest BCUT2D eigenvalue weighted by atomic mass is 9.97. The van der Waals surface area contributed by atoms with E-state index in [1.54, 1.807) is 36.7 Å². The van der Waals surface area contributed by atoms with Gasteiger partial charge in [-0.25, -0.2) is 9.97 Å². The van der Waals surface area contributed by atoms with Crippen LogP contribution in [-0.2, 0) is 22.6 Å². The van der Waals surface area contributed by atoms with Gasteiger partial charge in [-0.2, -0.15) is 0 Å². The van der Waals surface area contributed by atoms with Crippen molar-refractivity contribution in [3.8, 4) is 11.1 Å². The van der Waals surface area contributed by atoms with E-state index in [2.05, 4.69) is 19.8 Å². The van der Waals surface area contributed by atoms with E-state index in [4.69, 9.17) is 9.47 Å². The maximum Gasteiger partial charge on any atom is 0.261 e. The number of carbonyl (C=O) groups excluding carboxylic acids is 2. The van der Waals surface area contributed by atoms with Crippen molar-refractivity contribution in [3.63, 3.8) is 0 Å². The van der Waals surface area contributed by atoms with E-state index < -0.39 is 6.29 Å². The van der Waals surface area contributed by atoms with Crippen LogP contribution in [0.3, 0.4) is 0 Å². The first-order valence-corrected chi connectivity index (χ1v) is 17.4. The number of benzene rings is 4. The molecule has 0 saturated carbocycles. The Morgan fingerprint density at radius 3 is 1.98 bits per heavy atom. The summed E-state index contributed by atoms with van der Waals surface area (Å²) < 4.78 is 13.3. The Labute approximate surface area is 296 Å². The molecule has 51 heavy (non-hydrogen) atoms. The van der Waals surface area contributed by atoms with Gasteiger partial charge in [-0.15, -0.1) is 0 Å². The van der Waals surface area contributed by atoms with Crippen molar-refractivity contribution in [2.24, 2.45) is 0 Å². The quantitative estimate of drug-likeness (QED) is 0.193. The predicted octanol–water partition coefficient (Wildman–Crippen LogP) is 5.80. The summed E-state index contributed by atoms with van der Waals surface area (Å²) in [6.45, 7) is 4.41. The zero-order valence-corrected chi connectivity index (χ0v) is 28.2. The number of hydrogen-bond acceptors (Lipinski definition) is 9. The Morgan fingerprint density at radius 2 is 1.31 bits per heavy atom. The van der Waals surface area contributed by atoms with Gasteiger partial charge in [0.2, 0.25) is 5.95 Å². The molecule has 0 spiro atoms. The molecule has 2 saturated heterocycles. The zero-order chi connectivity index (χ0) is 34.7. The molecular formula is C41H39N5O5. The van der Waals surface area contributed by atoms with E-state index in [0.717, 1.165) is 72.1 Å². The number of nitrogens with zero attached hydrogens (tertiary/aromatic N) is 5. The lowest BCUT2D eigenvalue weighted by Gasteiger charge is -2.40. The SMILES string of the molecule is O=C1c2ccccc2C(=O)N1Cc1ccccc1-c1ccc([C@@H]2O[C@H](CN3CCN(c4ncccn4)CC3)C[C@H](c3ccc(CO)cc3)O2)cc1. The number of carbonyl (C=O) groups is 2. The summed E-state index contributed by atoms with van der Waals surface area (Å²) in [5.74, 6) is 0.227. The van der Waals surface area contributed by atoms with Crippen LogP contribution in [0.4, 0.5) is 5.95 Å². The van der Waals surface area contributed by atoms with Crippen LogP contribution in [0.5, 0.6) is 0 Å². The second-order valence-corrected chi connectivity index (χ2v) is 13.2. The van der Waals surface area contributed by atoms with Gasteiger partial charge in [-0.05, 0) is 46.0 Å². The molecule has 1 N–H and O–H groups in total. The van der Waals surface area contributed by atoms with E-state index >= 15 is 0 Å². The number of ether oxygens (including phenoxy) is 2. The molecule has 10 nitrogen and oxygen atoms in total. The number of rotatable bonds is 9. The van der Waals surface area contributed by atoms with Gasteiger partial charge < -0.3 is 19.5 Å². The molecule has 2 fully saturated rings. The van der Waals surface area contributed by atoms with Crippen molar-refractivity contribution in [2.45, 2.75) is 38.1 Å². The van der Waals surface area contributed by atoms with Crippen LogP contribution in [0.1, 0.15) is 61.8 Å². The Morgan fingerprint density at radius 1 is 0.686 bits per heavy atom. The minimum atomic E-state index is -0.576. The Hall–Kier alpha value is -5.26. The summed E-state index contributed by atoms with van der Waals surface area (Å²) >= 11 is 0. The molecule has 5 aromatic rings. The predicted molar refractivity (Wildman–Crippen MR) is 192 cm³/mol. The second-order valence-electron chi connectivity index (χ2n) is 13.2. The molecule has 0 aliphatic carbocycles. The van der Waals surface area contributed by atoms with Crippen LogP contribution >= 0.6 is 0 Å². The van der Waals surface area contributed by atoms with Crippen molar-refractivity contribution in [1.82, 2.24) is 19.8 Å². The molecule has 4 aromatic carbocycles. The number of fused-ring (bicyclic) bond motifs is 1. The number of aliphatic hydroxyl groups excluding tert-OH is 1. The van der Waals surface area contributed by atoms with E-state index in [0.29, 0.717) is 17.5 Å². The van der Waals surface area contributed by atoms with Crippen LogP contribution in [0.2, 0.25) is 0 Å². The second kappa shape index (κ2) is 14.5. The molecule has 0 unspecified atom stereocenters. The van der Waals surface area contributed by atoms with Gasteiger partial charge in [0, 0.05) is 57.1 Å². The van der Waals surface area contributed by atoms with Crippen molar-refractivity contribution in [2.75, 3.05) is 37.6 Å². The van der Waals surface area contributed by atoms with E-state index in [1.807, 2.05) is 78.9 Å². The normalized spacial score (nSPS) is 20.8. The fraction of sp³-hybridized carbons (Fsp3) is 0.268. The standard InChI is InChI=1S/C41H39N5O5/c47-27-28-10-12-30(13-11-28)37-24-33(26-44-20-22-45(23-21-44)41-42-18-5-19-43-41)50-40(51-37)31-16-14-29(15-17-31)34-7-2-1-6-32(34)25-46-38(48)35-8-3-4-9-36(35)39(46)49/h1-19,33,37,40,47H,20-27H2/t33-,37+,40+/m0/s1. The summed E-state index contributed by atoms with van der Waals surface area (Å²) in [6, 6.07) is 32.8. The number of imide groups is 1. The van der Waals surface area contributed by atoms with Crippen LogP contribution in [-0.4, -0.2) is 75.5 Å². The van der Waals surface area contributed by atoms with E-state index in [-0.39, 0.29) is 37.2 Å². The van der Waals surface area contributed by atoms with Crippen molar-refractivity contribution < 1.29 is 24.2 Å². The average Bonchev–Trinajstić information content (AvgIpc) is 3.43. The smallest absolute Gasteiger partial charge is 0.261 e. The number of aromatic nitrogens is 2. The number of piperazine rings is 1. The molecular weight excluding hydrogens is 642 g/mol. The maximum atomic E-state index is 13.1. The van der Waals surface area contributed by atoms with Crippen LogP contribution in [0.15, 0.2) is 116 Å². The molecule has 3 aliphatic rings. The summed E-state index contributed by atoms with van der Waals surface area (Å²) in [5.41, 5.74) is 6.51. The topological polar surface area (TPSA) is 108 Å². The molecule has 4 heterocycles. The summed E-state index contributed by atoms with van der Waals surface area (Å²) in [6.07, 6.45) is 3.45. The summed E-state index contributed by atoms with van der Waals surface area (Å²) in [5, 5.41) is 9.60. The average molecular weight is 682 g/mol. The monoisotopic (exact) mass is 681 g/mol. The number of amides is 2. The third kappa shape index (κ3) is 6.91. The van der Waals surface area contributed by atoms with Crippen LogP contribution in [0, 0.1) is 0 Å². The highest BCUT2D eigenvalue weighted by atomic mass is 16.7. The number of aliphatic hydroxyl groups is 1. The van der Waals surface area contributed by atoms with E-state index in [9.17, 15) is 14.7 Å². The lowest BCUT2D eigenvalue weighted by Crippen LogP contribution is -2.50. The summed E-state index contributed by atoms with van der Waals surface area (Å²) in [7, 11) is 0. The van der Waals surface area contributed by atoms with Gasteiger partial charge in [0.1, 0.15) is 0 Å². The molecule has 10 heteroatoms. The third-order valence-electron chi connectivity index (χ3n) is 10.0. The van der Waals surface area contributed by atoms with E-state index in [1.165, 1.54) is 4.90 Å². The van der Waals surface area contributed by atoms with Crippen LogP contribution in [0.25, 0.3) is 11.1 Å². The molecule has 3 aliphatic heterocycles. The van der Waals surface area contributed by atoms with Gasteiger partial charge >= 0.3 is 0 Å². The molecule has 258 valence electrons. The van der Waals surface area contributed by atoms with Gasteiger partial charge in [-0.3, -0.25) is 19.4 Å². The highest BCUT2D eigenvalue weighted by Gasteiger charge is 2.36. The van der Waals surface area contributed by atoms with Gasteiger partial charge in [-0.1, -0.05) is 84.9 Å². The number of hydrogen-bond donors (Lipinski definition) is 1. The molecule has 3 atom stereocenters. The maximum absolute atomic E-state index is 13.1. The van der Waals surface area contributed by atoms with Crippen LogP contribution < -0.4 is 4.90 Å². The Bertz CT molecular complexity index is 1960. The molecule has 8 rings (SSSR count). The number of anilines is 1. The Balaban J connectivity index is 0.993. The van der Waals surface area contributed by atoms with Crippen molar-refractivity contribution in [3.05, 3.63) is 149 Å². The highest BCUT2D eigenvalue weighted by Crippen LogP contribution is 2.39. The molecule has 0 bridgehead atoms. The minimum absolute atomic E-state index is 0.00601. The largest absolute Gasteiger partial charge is 0.392 e. The summed E-state index contributed by atoms with van der Waals surface area (Å²) in [4.78, 5) is 41.1. The Kier molecular flexibility index (Phi) is 9.38. The minimum Gasteiger partial charge on any atom is -0.392 e. The molecule has 1 aromatic heterocycles. The third-order valence-corrected chi connectivity index (χ3v) is 10.0. The zero-order valence-electron chi connectivity index (χ0n) is 28.2. The van der Waals surface area contributed by atoms with Crippen molar-refractivity contribution >= 4 is 17.8 Å². The van der Waals surface area contributed by atoms with Gasteiger partial charge in [0.25, 0.3) is 11.8 Å². The molecule has 0 radical (unpaired) electrons. The lowest BCUT2D eigenvalue weighted by molar-refractivity contribution is -0.253. The molecule has 2 amide bonds. The first kappa shape index (κ1) is 32.9. The first-order valence-electron chi connectivity index (χ1n) is 17.4. The highest BCUT2D eigenvalue weighted by molar-refractivity contribution is 6.21. The fourth-order valence-corrected chi connectivity index (χ4v) is 7.22. The van der Waals surface area contributed by atoms with Gasteiger partial charge in [0.05, 0.1) is 36.5 Å². The first-order chi connectivity index (χ1) is 25.0.